The normalized spacial score (nSPS) is 13.3. The molecule has 7 heteroatoms. The van der Waals surface area contributed by atoms with Gasteiger partial charge in [-0.25, -0.2) is 0 Å². The van der Waals surface area contributed by atoms with Crippen molar-refractivity contribution >= 4 is 23.4 Å². The van der Waals surface area contributed by atoms with Crippen LogP contribution >= 0.6 is 11.8 Å². The molecule has 1 aromatic rings. The van der Waals surface area contributed by atoms with E-state index in [-0.39, 0.29) is 0 Å². The molecule has 1 atom stereocenters. The van der Waals surface area contributed by atoms with Gasteiger partial charge in [0.15, 0.2) is 5.92 Å². The first-order valence-electron chi connectivity index (χ1n) is 5.00. The van der Waals surface area contributed by atoms with Crippen molar-refractivity contribution in [2.45, 2.75) is 18.0 Å². The molecule has 0 aliphatic carbocycles. The van der Waals surface area contributed by atoms with Crippen LogP contribution in [-0.2, 0) is 4.79 Å². The monoisotopic (exact) mass is 279 g/mol. The first-order chi connectivity index (χ1) is 8.21. The number of halogens is 3. The van der Waals surface area contributed by atoms with Crippen molar-refractivity contribution < 1.29 is 23.1 Å². The Labute approximate surface area is 106 Å². The van der Waals surface area contributed by atoms with E-state index in [2.05, 4.69) is 0 Å². The molecule has 0 amide bonds. The van der Waals surface area contributed by atoms with Gasteiger partial charge < -0.3 is 10.8 Å². The lowest BCUT2D eigenvalue weighted by atomic mass is 10.2. The van der Waals surface area contributed by atoms with Gasteiger partial charge in [-0.15, -0.1) is 11.8 Å². The lowest BCUT2D eigenvalue weighted by Gasteiger charge is -2.16. The zero-order valence-electron chi connectivity index (χ0n) is 9.49. The van der Waals surface area contributed by atoms with Gasteiger partial charge >= 0.3 is 12.1 Å². The molecule has 1 unspecified atom stereocenters. The smallest absolute Gasteiger partial charge is 0.403 e. The van der Waals surface area contributed by atoms with Crippen molar-refractivity contribution in [1.82, 2.24) is 0 Å². The van der Waals surface area contributed by atoms with E-state index in [1.165, 1.54) is 6.07 Å². The number of anilines is 1. The molecule has 0 radical (unpaired) electrons. The Kier molecular flexibility index (Phi) is 4.50. The molecule has 3 N–H and O–H groups in total. The van der Waals surface area contributed by atoms with Crippen molar-refractivity contribution in [3.05, 3.63) is 23.8 Å². The number of alkyl halides is 3. The molecule has 0 spiro atoms. The average Bonchev–Trinajstić information content (AvgIpc) is 2.20. The summed E-state index contributed by atoms with van der Waals surface area (Å²) in [6.45, 7) is 1.73. The predicted octanol–water partition coefficient (Wildman–Crippen LogP) is 2.93. The zero-order chi connectivity index (χ0) is 13.9. The fourth-order valence-electron chi connectivity index (χ4n) is 1.25. The van der Waals surface area contributed by atoms with Crippen LogP contribution in [0, 0.1) is 12.8 Å². The van der Waals surface area contributed by atoms with E-state index in [1.807, 2.05) is 0 Å². The third-order valence-electron chi connectivity index (χ3n) is 2.31. The van der Waals surface area contributed by atoms with Gasteiger partial charge in [0, 0.05) is 16.3 Å². The van der Waals surface area contributed by atoms with Gasteiger partial charge in [-0.2, -0.15) is 13.2 Å². The number of carbonyl (C=O) groups is 1. The van der Waals surface area contributed by atoms with E-state index in [4.69, 9.17) is 10.8 Å². The highest BCUT2D eigenvalue weighted by molar-refractivity contribution is 7.99. The fourth-order valence-corrected chi connectivity index (χ4v) is 2.44. The van der Waals surface area contributed by atoms with Gasteiger partial charge in [0.25, 0.3) is 0 Å². The van der Waals surface area contributed by atoms with Crippen LogP contribution in [0.5, 0.6) is 0 Å². The van der Waals surface area contributed by atoms with Crippen LogP contribution in [-0.4, -0.2) is 23.0 Å². The van der Waals surface area contributed by atoms with Gasteiger partial charge in [-0.3, -0.25) is 4.79 Å². The minimum Gasteiger partial charge on any atom is -0.481 e. The van der Waals surface area contributed by atoms with Crippen LogP contribution in [0.3, 0.4) is 0 Å². The van der Waals surface area contributed by atoms with Crippen LogP contribution < -0.4 is 5.73 Å². The largest absolute Gasteiger partial charge is 0.481 e. The number of hydrogen-bond donors (Lipinski definition) is 2. The second-order valence-electron chi connectivity index (χ2n) is 3.77. The first kappa shape index (κ1) is 14.7. The summed E-state index contributed by atoms with van der Waals surface area (Å²) in [5.74, 6) is -4.80. The summed E-state index contributed by atoms with van der Waals surface area (Å²) in [4.78, 5) is 11.1. The highest BCUT2D eigenvalue weighted by Crippen LogP contribution is 2.33. The summed E-state index contributed by atoms with van der Waals surface area (Å²) < 4.78 is 37.3. The third-order valence-corrected chi connectivity index (χ3v) is 3.56. The van der Waals surface area contributed by atoms with E-state index in [0.29, 0.717) is 10.6 Å². The number of carboxylic acid groups (broad SMARTS) is 1. The predicted molar refractivity (Wildman–Crippen MR) is 63.5 cm³/mol. The number of hydrogen-bond acceptors (Lipinski definition) is 3. The SMILES string of the molecule is Cc1ccc(N)cc1SCC(C(=O)O)C(F)(F)F. The third kappa shape index (κ3) is 3.83. The van der Waals surface area contributed by atoms with Crippen LogP contribution in [0.4, 0.5) is 18.9 Å². The van der Waals surface area contributed by atoms with Crippen molar-refractivity contribution in [3.63, 3.8) is 0 Å². The molecule has 18 heavy (non-hydrogen) atoms. The standard InChI is InChI=1S/C11H12F3NO2S/c1-6-2-3-7(15)4-9(6)18-5-8(10(16)17)11(12,13)14/h2-4,8H,5,15H2,1H3,(H,16,17). The Bertz CT molecular complexity index is 448. The number of thioether (sulfide) groups is 1. The van der Waals surface area contributed by atoms with Crippen LogP contribution in [0.1, 0.15) is 5.56 Å². The van der Waals surface area contributed by atoms with Crippen LogP contribution in [0.15, 0.2) is 23.1 Å². The lowest BCUT2D eigenvalue weighted by molar-refractivity contribution is -0.188. The van der Waals surface area contributed by atoms with Crippen molar-refractivity contribution in [2.24, 2.45) is 5.92 Å². The molecule has 0 fully saturated rings. The molecule has 3 nitrogen and oxygen atoms in total. The number of benzene rings is 1. The minimum absolute atomic E-state index is 0.432. The number of nitrogens with two attached hydrogens (primary N) is 1. The molecule has 0 bridgehead atoms. The quantitative estimate of drug-likeness (QED) is 0.657. The van der Waals surface area contributed by atoms with Crippen molar-refractivity contribution in [2.75, 3.05) is 11.5 Å². The van der Waals surface area contributed by atoms with Crippen LogP contribution in [0.2, 0.25) is 0 Å². The number of aliphatic carboxylic acids is 1. The van der Waals surface area contributed by atoms with Crippen molar-refractivity contribution in [3.8, 4) is 0 Å². The van der Waals surface area contributed by atoms with Gasteiger partial charge in [-0.1, -0.05) is 6.07 Å². The second-order valence-corrected chi connectivity index (χ2v) is 4.83. The summed E-state index contributed by atoms with van der Waals surface area (Å²) in [6, 6.07) is 4.86. The number of carboxylic acids is 1. The molecule has 1 aromatic carbocycles. The summed E-state index contributed by atoms with van der Waals surface area (Å²) in [5.41, 5.74) is 6.72. The van der Waals surface area contributed by atoms with E-state index in [1.54, 1.807) is 19.1 Å². The molecule has 1 rings (SSSR count). The summed E-state index contributed by atoms with van der Waals surface area (Å²) in [6.07, 6.45) is -4.74. The van der Waals surface area contributed by atoms with Crippen molar-refractivity contribution in [1.29, 1.82) is 0 Å². The zero-order valence-corrected chi connectivity index (χ0v) is 10.3. The summed E-state index contributed by atoms with van der Waals surface area (Å²) >= 11 is 0.844. The number of nitrogen functional groups attached to an aromatic ring is 1. The fraction of sp³-hybridized carbons (Fsp3) is 0.364. The van der Waals surface area contributed by atoms with Gasteiger partial charge in [-0.05, 0) is 24.6 Å². The lowest BCUT2D eigenvalue weighted by Crippen LogP contribution is -2.32. The average molecular weight is 279 g/mol. The molecule has 0 aromatic heterocycles. The highest BCUT2D eigenvalue weighted by Gasteiger charge is 2.44. The maximum atomic E-state index is 12.4. The number of aryl methyl sites for hydroxylation is 1. The van der Waals surface area contributed by atoms with E-state index >= 15 is 0 Å². The summed E-state index contributed by atoms with van der Waals surface area (Å²) in [7, 11) is 0. The topological polar surface area (TPSA) is 63.3 Å². The maximum Gasteiger partial charge on any atom is 0.403 e. The van der Waals surface area contributed by atoms with Crippen LogP contribution in [0.25, 0.3) is 0 Å². The Balaban J connectivity index is 2.79. The maximum absolute atomic E-state index is 12.4. The second kappa shape index (κ2) is 5.51. The van der Waals surface area contributed by atoms with E-state index in [9.17, 15) is 18.0 Å². The van der Waals surface area contributed by atoms with Gasteiger partial charge in [0.05, 0.1) is 0 Å². The van der Waals surface area contributed by atoms with Gasteiger partial charge in [0.2, 0.25) is 0 Å². The Hall–Kier alpha value is -1.37. The van der Waals surface area contributed by atoms with Gasteiger partial charge in [0.1, 0.15) is 0 Å². The molecule has 0 aliphatic heterocycles. The molecule has 0 saturated heterocycles. The molecule has 0 aliphatic rings. The van der Waals surface area contributed by atoms with E-state index < -0.39 is 23.8 Å². The molecular weight excluding hydrogens is 267 g/mol. The Morgan fingerprint density at radius 1 is 1.50 bits per heavy atom. The molecule has 0 saturated carbocycles. The Morgan fingerprint density at radius 2 is 2.11 bits per heavy atom. The highest BCUT2D eigenvalue weighted by atomic mass is 32.2. The number of rotatable bonds is 4. The molecular formula is C11H12F3NO2S. The molecule has 100 valence electrons. The molecule has 0 heterocycles. The Morgan fingerprint density at radius 3 is 2.61 bits per heavy atom. The first-order valence-corrected chi connectivity index (χ1v) is 5.99. The van der Waals surface area contributed by atoms with E-state index in [0.717, 1.165) is 17.3 Å². The minimum atomic E-state index is -4.74. The summed E-state index contributed by atoms with van der Waals surface area (Å²) in [5, 5.41) is 8.55.